The molecule has 2 rings (SSSR count). The first-order valence-corrected chi connectivity index (χ1v) is 7.20. The Balaban J connectivity index is 1.96. The Morgan fingerprint density at radius 1 is 1.19 bits per heavy atom. The molecule has 1 unspecified atom stereocenters. The molecular weight excluding hydrogens is 264 g/mol. The molecule has 0 amide bonds. The van der Waals surface area contributed by atoms with Crippen LogP contribution in [0.25, 0.3) is 0 Å². The van der Waals surface area contributed by atoms with Crippen LogP contribution in [-0.2, 0) is 0 Å². The number of benzene rings is 2. The fourth-order valence-corrected chi connectivity index (χ4v) is 1.99. The summed E-state index contributed by atoms with van der Waals surface area (Å²) in [5.74, 6) is 0.677. The lowest BCUT2D eigenvalue weighted by atomic mass is 10.1. The molecule has 21 heavy (non-hydrogen) atoms. The van der Waals surface area contributed by atoms with E-state index in [1.807, 2.05) is 48.5 Å². The van der Waals surface area contributed by atoms with Crippen LogP contribution in [0, 0.1) is 0 Å². The zero-order valence-electron chi connectivity index (χ0n) is 12.3. The molecule has 0 aromatic heterocycles. The largest absolute Gasteiger partial charge is 0.491 e. The number of nitrogen functional groups attached to an aromatic ring is 1. The van der Waals surface area contributed by atoms with E-state index < -0.39 is 6.10 Å². The van der Waals surface area contributed by atoms with Crippen molar-refractivity contribution in [3.63, 3.8) is 0 Å². The third kappa shape index (κ3) is 4.39. The smallest absolute Gasteiger partial charge is 0.144 e. The fraction of sp³-hybridized carbons (Fsp3) is 0.294. The summed E-state index contributed by atoms with van der Waals surface area (Å²) in [5, 5.41) is 13.3. The molecule has 0 saturated heterocycles. The Morgan fingerprint density at radius 3 is 2.67 bits per heavy atom. The van der Waals surface area contributed by atoms with Gasteiger partial charge in [0.25, 0.3) is 0 Å². The number of hydrogen-bond acceptors (Lipinski definition) is 4. The van der Waals surface area contributed by atoms with Gasteiger partial charge in [0, 0.05) is 18.3 Å². The highest BCUT2D eigenvalue weighted by Crippen LogP contribution is 2.26. The molecule has 112 valence electrons. The van der Waals surface area contributed by atoms with Crippen molar-refractivity contribution < 1.29 is 9.84 Å². The molecule has 0 radical (unpaired) electrons. The average molecular weight is 286 g/mol. The number of aliphatic hydroxyl groups excluding tert-OH is 1. The average Bonchev–Trinajstić information content (AvgIpc) is 2.53. The predicted octanol–water partition coefficient (Wildman–Crippen LogP) is 3.20. The summed E-state index contributed by atoms with van der Waals surface area (Å²) >= 11 is 0. The minimum atomic E-state index is -0.552. The number of aliphatic hydroxyl groups is 1. The maximum Gasteiger partial charge on any atom is 0.144 e. The molecule has 0 heterocycles. The molecule has 0 spiro atoms. The van der Waals surface area contributed by atoms with Crippen molar-refractivity contribution in [2.24, 2.45) is 0 Å². The maximum absolute atomic E-state index is 10.1. The van der Waals surface area contributed by atoms with Gasteiger partial charge in [0.05, 0.1) is 18.4 Å². The predicted molar refractivity (Wildman–Crippen MR) is 86.5 cm³/mol. The Morgan fingerprint density at radius 2 is 1.95 bits per heavy atom. The summed E-state index contributed by atoms with van der Waals surface area (Å²) in [6, 6.07) is 15.1. The zero-order valence-corrected chi connectivity index (χ0v) is 12.3. The van der Waals surface area contributed by atoms with E-state index in [9.17, 15) is 5.11 Å². The van der Waals surface area contributed by atoms with Gasteiger partial charge in [-0.15, -0.1) is 0 Å². The number of nitrogens with two attached hydrogens (primary N) is 1. The quantitative estimate of drug-likeness (QED) is 0.684. The highest BCUT2D eigenvalue weighted by atomic mass is 16.5. The number of ether oxygens (including phenoxy) is 1. The number of hydrogen-bond donors (Lipinski definition) is 3. The highest BCUT2D eigenvalue weighted by molar-refractivity contribution is 5.61. The molecule has 1 atom stereocenters. The van der Waals surface area contributed by atoms with Gasteiger partial charge in [-0.05, 0) is 24.1 Å². The lowest BCUT2D eigenvalue weighted by molar-refractivity contribution is 0.191. The molecule has 0 saturated carbocycles. The van der Waals surface area contributed by atoms with E-state index in [4.69, 9.17) is 10.5 Å². The standard InChI is InChI=1S/C17H22N2O2/c1-2-10-21-17-11-14(8-9-15(17)18)19-12-16(20)13-6-4-3-5-7-13/h3-9,11,16,19-20H,2,10,12,18H2,1H3. The molecule has 4 heteroatoms. The van der Waals surface area contributed by atoms with Gasteiger partial charge in [0.2, 0.25) is 0 Å². The van der Waals surface area contributed by atoms with E-state index in [2.05, 4.69) is 12.2 Å². The van der Waals surface area contributed by atoms with Gasteiger partial charge in [0.1, 0.15) is 5.75 Å². The van der Waals surface area contributed by atoms with Crippen LogP contribution in [-0.4, -0.2) is 18.3 Å². The Hall–Kier alpha value is -2.20. The summed E-state index contributed by atoms with van der Waals surface area (Å²) in [6.07, 6.45) is 0.382. The second kappa shape index (κ2) is 7.55. The van der Waals surface area contributed by atoms with E-state index in [-0.39, 0.29) is 0 Å². The first kappa shape index (κ1) is 15.2. The van der Waals surface area contributed by atoms with Crippen LogP contribution in [0.4, 0.5) is 11.4 Å². The van der Waals surface area contributed by atoms with Gasteiger partial charge in [-0.2, -0.15) is 0 Å². The van der Waals surface area contributed by atoms with E-state index in [1.54, 1.807) is 0 Å². The lowest BCUT2D eigenvalue weighted by Gasteiger charge is -2.15. The molecule has 0 aliphatic carbocycles. The highest BCUT2D eigenvalue weighted by Gasteiger charge is 2.07. The van der Waals surface area contributed by atoms with Crippen LogP contribution >= 0.6 is 0 Å². The third-order valence-electron chi connectivity index (χ3n) is 3.16. The van der Waals surface area contributed by atoms with Crippen LogP contribution in [0.5, 0.6) is 5.75 Å². The van der Waals surface area contributed by atoms with Crippen molar-refractivity contribution in [3.8, 4) is 5.75 Å². The zero-order chi connectivity index (χ0) is 15.1. The Kier molecular flexibility index (Phi) is 5.46. The minimum Gasteiger partial charge on any atom is -0.491 e. The first-order chi connectivity index (χ1) is 10.2. The first-order valence-electron chi connectivity index (χ1n) is 7.20. The second-order valence-corrected chi connectivity index (χ2v) is 4.91. The van der Waals surface area contributed by atoms with Crippen LogP contribution in [0.2, 0.25) is 0 Å². The monoisotopic (exact) mass is 286 g/mol. The van der Waals surface area contributed by atoms with Gasteiger partial charge in [0.15, 0.2) is 0 Å². The van der Waals surface area contributed by atoms with Crippen molar-refractivity contribution in [2.75, 3.05) is 24.2 Å². The van der Waals surface area contributed by atoms with Gasteiger partial charge in [-0.25, -0.2) is 0 Å². The molecule has 2 aromatic rings. The van der Waals surface area contributed by atoms with Gasteiger partial charge >= 0.3 is 0 Å². The Labute approximate surface area is 125 Å². The number of rotatable bonds is 7. The summed E-state index contributed by atoms with van der Waals surface area (Å²) in [4.78, 5) is 0. The molecule has 0 bridgehead atoms. The summed E-state index contributed by atoms with van der Waals surface area (Å²) in [5.41, 5.74) is 8.27. The summed E-state index contributed by atoms with van der Waals surface area (Å²) < 4.78 is 5.59. The summed E-state index contributed by atoms with van der Waals surface area (Å²) in [7, 11) is 0. The normalized spacial score (nSPS) is 11.9. The summed E-state index contributed by atoms with van der Waals surface area (Å²) in [6.45, 7) is 3.12. The van der Waals surface area contributed by atoms with Crippen molar-refractivity contribution in [1.82, 2.24) is 0 Å². The molecule has 4 N–H and O–H groups in total. The molecule has 0 fully saturated rings. The topological polar surface area (TPSA) is 67.5 Å². The molecular formula is C17H22N2O2. The van der Waals surface area contributed by atoms with Crippen molar-refractivity contribution in [3.05, 3.63) is 54.1 Å². The SMILES string of the molecule is CCCOc1cc(NCC(O)c2ccccc2)ccc1N. The van der Waals surface area contributed by atoms with Gasteiger partial charge < -0.3 is 20.9 Å². The van der Waals surface area contributed by atoms with Gasteiger partial charge in [-0.1, -0.05) is 37.3 Å². The van der Waals surface area contributed by atoms with Crippen molar-refractivity contribution >= 4 is 11.4 Å². The molecule has 2 aromatic carbocycles. The van der Waals surface area contributed by atoms with E-state index in [1.165, 1.54) is 0 Å². The van der Waals surface area contributed by atoms with Crippen LogP contribution in [0.3, 0.4) is 0 Å². The van der Waals surface area contributed by atoms with Crippen molar-refractivity contribution in [2.45, 2.75) is 19.4 Å². The lowest BCUT2D eigenvalue weighted by Crippen LogP contribution is -2.12. The van der Waals surface area contributed by atoms with E-state index in [0.717, 1.165) is 17.7 Å². The van der Waals surface area contributed by atoms with Crippen LogP contribution < -0.4 is 15.8 Å². The van der Waals surface area contributed by atoms with E-state index in [0.29, 0.717) is 24.6 Å². The Bertz CT molecular complexity index is 558. The molecule has 0 aliphatic rings. The molecule has 0 aliphatic heterocycles. The second-order valence-electron chi connectivity index (χ2n) is 4.91. The van der Waals surface area contributed by atoms with Crippen molar-refractivity contribution in [1.29, 1.82) is 0 Å². The minimum absolute atomic E-state index is 0.432. The third-order valence-corrected chi connectivity index (χ3v) is 3.16. The van der Waals surface area contributed by atoms with Crippen LogP contribution in [0.15, 0.2) is 48.5 Å². The van der Waals surface area contributed by atoms with E-state index >= 15 is 0 Å². The number of anilines is 2. The maximum atomic E-state index is 10.1. The molecule has 4 nitrogen and oxygen atoms in total. The van der Waals surface area contributed by atoms with Gasteiger partial charge in [-0.3, -0.25) is 0 Å². The van der Waals surface area contributed by atoms with Crippen LogP contribution in [0.1, 0.15) is 25.0 Å². The number of nitrogens with one attached hydrogen (secondary N) is 1. The fourth-order valence-electron chi connectivity index (χ4n) is 1.99.